The van der Waals surface area contributed by atoms with Gasteiger partial charge in [-0.3, -0.25) is 0 Å². The Morgan fingerprint density at radius 2 is 1.92 bits per heavy atom. The number of nitrogens with zero attached hydrogens (tertiary/aromatic N) is 2. The lowest BCUT2D eigenvalue weighted by Gasteiger charge is -2.27. The van der Waals surface area contributed by atoms with Crippen LogP contribution in [0.4, 0.5) is 10.2 Å². The summed E-state index contributed by atoms with van der Waals surface area (Å²) < 4.78 is 40.9. The summed E-state index contributed by atoms with van der Waals surface area (Å²) in [6.45, 7) is 3.69. The standard InChI is InChI=1S/C18H22FN3O2S/c1-14-5-6-16(12-17(14)19)25(23,24)21-13-15-7-8-20-18(11-15)22-9-3-2-4-10-22/h5-8,11-12,21H,2-4,9-10,13H2,1H3. The van der Waals surface area contributed by atoms with Gasteiger partial charge in [0.1, 0.15) is 11.6 Å². The zero-order chi connectivity index (χ0) is 17.9. The van der Waals surface area contributed by atoms with Crippen LogP contribution in [0, 0.1) is 12.7 Å². The highest BCUT2D eigenvalue weighted by Crippen LogP contribution is 2.19. The van der Waals surface area contributed by atoms with Crippen molar-refractivity contribution in [3.05, 3.63) is 53.5 Å². The first kappa shape index (κ1) is 17.8. The minimum Gasteiger partial charge on any atom is -0.357 e. The first-order valence-electron chi connectivity index (χ1n) is 8.41. The Hall–Kier alpha value is -1.99. The highest BCUT2D eigenvalue weighted by Gasteiger charge is 2.16. The molecule has 1 fully saturated rings. The second-order valence-electron chi connectivity index (χ2n) is 6.31. The van der Waals surface area contributed by atoms with Crippen molar-refractivity contribution in [2.75, 3.05) is 18.0 Å². The second kappa shape index (κ2) is 7.49. The Kier molecular flexibility index (Phi) is 5.34. The van der Waals surface area contributed by atoms with Gasteiger partial charge in [-0.25, -0.2) is 22.5 Å². The molecule has 0 unspecified atom stereocenters. The van der Waals surface area contributed by atoms with Crippen LogP contribution in [0.1, 0.15) is 30.4 Å². The van der Waals surface area contributed by atoms with Gasteiger partial charge in [0.05, 0.1) is 4.90 Å². The molecule has 0 spiro atoms. The van der Waals surface area contributed by atoms with Crippen LogP contribution in [0.15, 0.2) is 41.4 Å². The molecule has 0 saturated carbocycles. The van der Waals surface area contributed by atoms with E-state index in [1.54, 1.807) is 19.2 Å². The second-order valence-corrected chi connectivity index (χ2v) is 8.07. The normalized spacial score (nSPS) is 15.4. The third kappa shape index (κ3) is 4.35. The van der Waals surface area contributed by atoms with Gasteiger partial charge in [0.2, 0.25) is 10.0 Å². The van der Waals surface area contributed by atoms with Crippen molar-refractivity contribution in [2.45, 2.75) is 37.6 Å². The van der Waals surface area contributed by atoms with E-state index >= 15 is 0 Å². The summed E-state index contributed by atoms with van der Waals surface area (Å²) in [7, 11) is -3.76. The SMILES string of the molecule is Cc1ccc(S(=O)(=O)NCc2ccnc(N3CCCCC3)c2)cc1F. The lowest BCUT2D eigenvalue weighted by molar-refractivity contribution is 0.572. The molecule has 2 aromatic rings. The average Bonchev–Trinajstić information content (AvgIpc) is 2.63. The number of sulfonamides is 1. The molecule has 5 nitrogen and oxygen atoms in total. The van der Waals surface area contributed by atoms with E-state index in [2.05, 4.69) is 14.6 Å². The number of rotatable bonds is 5. The fourth-order valence-electron chi connectivity index (χ4n) is 2.87. The molecule has 0 atom stereocenters. The maximum absolute atomic E-state index is 13.6. The van der Waals surface area contributed by atoms with Crippen LogP contribution in [0.2, 0.25) is 0 Å². The predicted octanol–water partition coefficient (Wildman–Crippen LogP) is 3.00. The van der Waals surface area contributed by atoms with E-state index in [1.165, 1.54) is 18.6 Å². The summed E-state index contributed by atoms with van der Waals surface area (Å²) in [4.78, 5) is 6.54. The minimum absolute atomic E-state index is 0.0686. The number of hydrogen-bond donors (Lipinski definition) is 1. The maximum Gasteiger partial charge on any atom is 0.240 e. The molecule has 1 aromatic carbocycles. The quantitative estimate of drug-likeness (QED) is 0.887. The molecule has 3 rings (SSSR count). The van der Waals surface area contributed by atoms with Crippen molar-refractivity contribution < 1.29 is 12.8 Å². The van der Waals surface area contributed by atoms with Gasteiger partial charge in [-0.2, -0.15) is 0 Å². The predicted molar refractivity (Wildman–Crippen MR) is 95.5 cm³/mol. The van der Waals surface area contributed by atoms with E-state index in [1.807, 2.05) is 6.07 Å². The van der Waals surface area contributed by atoms with Crippen LogP contribution in [0.3, 0.4) is 0 Å². The topological polar surface area (TPSA) is 62.3 Å². The van der Waals surface area contributed by atoms with Gasteiger partial charge in [-0.1, -0.05) is 6.07 Å². The Morgan fingerprint density at radius 1 is 1.16 bits per heavy atom. The number of piperidine rings is 1. The minimum atomic E-state index is -3.76. The highest BCUT2D eigenvalue weighted by molar-refractivity contribution is 7.89. The zero-order valence-corrected chi connectivity index (χ0v) is 15.0. The Balaban J connectivity index is 1.71. The number of pyridine rings is 1. The average molecular weight is 363 g/mol. The van der Waals surface area contributed by atoms with E-state index in [9.17, 15) is 12.8 Å². The Bertz CT molecular complexity index is 849. The summed E-state index contributed by atoms with van der Waals surface area (Å²) in [5, 5.41) is 0. The van der Waals surface area contributed by atoms with Crippen molar-refractivity contribution in [1.29, 1.82) is 0 Å². The lowest BCUT2D eigenvalue weighted by Crippen LogP contribution is -2.30. The number of hydrogen-bond acceptors (Lipinski definition) is 4. The van der Waals surface area contributed by atoms with Crippen LogP contribution < -0.4 is 9.62 Å². The van der Waals surface area contributed by atoms with E-state index in [0.717, 1.165) is 43.4 Å². The molecule has 0 aliphatic carbocycles. The van der Waals surface area contributed by atoms with Gasteiger partial charge in [-0.15, -0.1) is 0 Å². The Labute approximate surface area is 147 Å². The molecule has 1 aromatic heterocycles. The molecule has 0 radical (unpaired) electrons. The number of halogens is 1. The largest absolute Gasteiger partial charge is 0.357 e. The van der Waals surface area contributed by atoms with Crippen LogP contribution in [0.5, 0.6) is 0 Å². The van der Waals surface area contributed by atoms with E-state index in [-0.39, 0.29) is 11.4 Å². The molecule has 0 amide bonds. The molecule has 1 saturated heterocycles. The number of nitrogens with one attached hydrogen (secondary N) is 1. The smallest absolute Gasteiger partial charge is 0.240 e. The van der Waals surface area contributed by atoms with Crippen LogP contribution in [-0.4, -0.2) is 26.5 Å². The van der Waals surface area contributed by atoms with Gasteiger partial charge in [-0.05, 0) is 61.6 Å². The van der Waals surface area contributed by atoms with Crippen molar-refractivity contribution in [2.24, 2.45) is 0 Å². The van der Waals surface area contributed by atoms with Gasteiger partial charge in [0.15, 0.2) is 0 Å². The molecule has 25 heavy (non-hydrogen) atoms. The summed E-state index contributed by atoms with van der Waals surface area (Å²) >= 11 is 0. The Morgan fingerprint density at radius 3 is 2.64 bits per heavy atom. The fraction of sp³-hybridized carbons (Fsp3) is 0.389. The highest BCUT2D eigenvalue weighted by atomic mass is 32.2. The first-order valence-corrected chi connectivity index (χ1v) is 9.90. The molecule has 134 valence electrons. The summed E-state index contributed by atoms with van der Waals surface area (Å²) in [5.74, 6) is 0.344. The van der Waals surface area contributed by atoms with Gasteiger partial charge < -0.3 is 4.90 Å². The van der Waals surface area contributed by atoms with Gasteiger partial charge in [0, 0.05) is 25.8 Å². The number of aromatic nitrogens is 1. The molecular formula is C18H22FN3O2S. The van der Waals surface area contributed by atoms with Crippen molar-refractivity contribution in [1.82, 2.24) is 9.71 Å². The molecule has 2 heterocycles. The van der Waals surface area contributed by atoms with Gasteiger partial charge >= 0.3 is 0 Å². The van der Waals surface area contributed by atoms with E-state index < -0.39 is 15.8 Å². The summed E-state index contributed by atoms with van der Waals surface area (Å²) in [6, 6.07) is 7.61. The third-order valence-corrected chi connectivity index (χ3v) is 5.81. The van der Waals surface area contributed by atoms with Crippen LogP contribution in [-0.2, 0) is 16.6 Å². The van der Waals surface area contributed by atoms with Gasteiger partial charge in [0.25, 0.3) is 0 Å². The molecule has 1 N–H and O–H groups in total. The molecule has 0 bridgehead atoms. The van der Waals surface area contributed by atoms with Crippen molar-refractivity contribution in [3.63, 3.8) is 0 Å². The molecule has 1 aliphatic rings. The van der Waals surface area contributed by atoms with E-state index in [4.69, 9.17) is 0 Å². The fourth-order valence-corrected chi connectivity index (χ4v) is 3.90. The third-order valence-electron chi connectivity index (χ3n) is 4.41. The monoisotopic (exact) mass is 363 g/mol. The zero-order valence-electron chi connectivity index (χ0n) is 14.2. The van der Waals surface area contributed by atoms with E-state index in [0.29, 0.717) is 5.56 Å². The number of aryl methyl sites for hydroxylation is 1. The number of benzene rings is 1. The van der Waals surface area contributed by atoms with Crippen molar-refractivity contribution in [3.8, 4) is 0 Å². The number of anilines is 1. The van der Waals surface area contributed by atoms with Crippen LogP contribution in [0.25, 0.3) is 0 Å². The molecular weight excluding hydrogens is 341 g/mol. The molecule has 7 heteroatoms. The van der Waals surface area contributed by atoms with Crippen molar-refractivity contribution >= 4 is 15.8 Å². The van der Waals surface area contributed by atoms with Crippen LogP contribution >= 0.6 is 0 Å². The first-order chi connectivity index (χ1) is 12.0. The maximum atomic E-state index is 13.6. The lowest BCUT2D eigenvalue weighted by atomic mass is 10.1. The molecule has 1 aliphatic heterocycles. The summed E-state index contributed by atoms with van der Waals surface area (Å²) in [5.41, 5.74) is 1.24. The summed E-state index contributed by atoms with van der Waals surface area (Å²) in [6.07, 6.45) is 5.23.